The first kappa shape index (κ1) is 16.2. The van der Waals surface area contributed by atoms with Gasteiger partial charge in [-0.2, -0.15) is 5.10 Å². The highest BCUT2D eigenvalue weighted by Gasteiger charge is 2.14. The van der Waals surface area contributed by atoms with Gasteiger partial charge in [-0.05, 0) is 25.1 Å². The van der Waals surface area contributed by atoms with Gasteiger partial charge in [0, 0.05) is 30.7 Å². The summed E-state index contributed by atoms with van der Waals surface area (Å²) in [6.07, 6.45) is 3.70. The van der Waals surface area contributed by atoms with Crippen LogP contribution < -0.4 is 10.1 Å². The van der Waals surface area contributed by atoms with Crippen molar-refractivity contribution in [3.8, 4) is 10.9 Å². The molecule has 1 N–H and O–H groups in total. The summed E-state index contributed by atoms with van der Waals surface area (Å²) in [4.78, 5) is 16.6. The highest BCUT2D eigenvalue weighted by Crippen LogP contribution is 2.14. The molecule has 3 rings (SSSR count). The van der Waals surface area contributed by atoms with Crippen molar-refractivity contribution in [1.29, 1.82) is 0 Å². The Morgan fingerprint density at radius 2 is 2.17 bits per heavy atom. The highest BCUT2D eigenvalue weighted by molar-refractivity contribution is 7.12. The summed E-state index contributed by atoms with van der Waals surface area (Å²) in [7, 11) is 0. The molecule has 0 saturated heterocycles. The van der Waals surface area contributed by atoms with Crippen molar-refractivity contribution in [2.24, 2.45) is 0 Å². The van der Waals surface area contributed by atoms with Crippen molar-refractivity contribution in [2.75, 3.05) is 6.54 Å². The van der Waals surface area contributed by atoms with E-state index in [1.165, 1.54) is 11.3 Å². The van der Waals surface area contributed by atoms with Crippen LogP contribution in [0.4, 0.5) is 0 Å². The molecule has 3 aromatic rings. The first-order valence-electron chi connectivity index (χ1n) is 7.66. The van der Waals surface area contributed by atoms with Gasteiger partial charge in [-0.25, -0.2) is 9.67 Å². The van der Waals surface area contributed by atoms with Crippen LogP contribution in [-0.4, -0.2) is 33.3 Å². The van der Waals surface area contributed by atoms with Crippen LogP contribution in [0, 0.1) is 0 Å². The van der Waals surface area contributed by atoms with E-state index in [-0.39, 0.29) is 5.91 Å². The maximum absolute atomic E-state index is 12.1. The predicted molar refractivity (Wildman–Crippen MR) is 92.5 cm³/mol. The zero-order chi connectivity index (χ0) is 16.8. The molecule has 124 valence electrons. The molecule has 0 radical (unpaired) electrons. The number of carbonyl (C=O) groups is 1. The Balaban J connectivity index is 1.45. The highest BCUT2D eigenvalue weighted by atomic mass is 32.1. The van der Waals surface area contributed by atoms with Crippen LogP contribution in [0.1, 0.15) is 12.6 Å². The fraction of sp³-hybridized carbons (Fsp3) is 0.235. The van der Waals surface area contributed by atoms with Gasteiger partial charge >= 0.3 is 0 Å². The van der Waals surface area contributed by atoms with Crippen LogP contribution in [0.25, 0.3) is 5.13 Å². The van der Waals surface area contributed by atoms with Gasteiger partial charge in [-0.3, -0.25) is 4.79 Å². The second-order valence-corrected chi connectivity index (χ2v) is 6.02. The number of rotatable bonds is 7. The van der Waals surface area contributed by atoms with E-state index in [1.807, 2.05) is 48.0 Å². The average molecular weight is 342 g/mol. The van der Waals surface area contributed by atoms with Gasteiger partial charge in [0.1, 0.15) is 5.75 Å². The number of thiazole rings is 1. The van der Waals surface area contributed by atoms with Crippen molar-refractivity contribution >= 4 is 17.2 Å². The van der Waals surface area contributed by atoms with Crippen molar-refractivity contribution in [2.45, 2.75) is 19.4 Å². The summed E-state index contributed by atoms with van der Waals surface area (Å²) in [5.41, 5.74) is 0.933. The second-order valence-electron chi connectivity index (χ2n) is 5.19. The first-order valence-corrected chi connectivity index (χ1v) is 8.54. The summed E-state index contributed by atoms with van der Waals surface area (Å²) in [6, 6.07) is 11.2. The van der Waals surface area contributed by atoms with Gasteiger partial charge in [0.2, 0.25) is 5.13 Å². The SMILES string of the molecule is CC(Oc1ccccc1)C(=O)NCCc1csc(-n2cccn2)n1. The molecular formula is C17H18N4O2S. The van der Waals surface area contributed by atoms with Gasteiger partial charge in [0.15, 0.2) is 6.10 Å². The van der Waals surface area contributed by atoms with Gasteiger partial charge in [0.25, 0.3) is 5.91 Å². The van der Waals surface area contributed by atoms with Crippen LogP contribution >= 0.6 is 11.3 Å². The molecule has 0 saturated carbocycles. The molecule has 2 heterocycles. The van der Waals surface area contributed by atoms with Crippen LogP contribution in [0.15, 0.2) is 54.2 Å². The molecule has 1 aromatic carbocycles. The van der Waals surface area contributed by atoms with Gasteiger partial charge in [-0.15, -0.1) is 11.3 Å². The van der Waals surface area contributed by atoms with Crippen molar-refractivity contribution < 1.29 is 9.53 Å². The first-order chi connectivity index (χ1) is 11.7. The number of benzene rings is 1. The molecule has 0 spiro atoms. The van der Waals surface area contributed by atoms with E-state index in [1.54, 1.807) is 17.8 Å². The van der Waals surface area contributed by atoms with E-state index < -0.39 is 6.10 Å². The van der Waals surface area contributed by atoms with E-state index in [2.05, 4.69) is 15.4 Å². The van der Waals surface area contributed by atoms with Gasteiger partial charge in [-0.1, -0.05) is 18.2 Å². The number of para-hydroxylation sites is 1. The molecular weight excluding hydrogens is 324 g/mol. The molecule has 1 unspecified atom stereocenters. The number of hydrogen-bond acceptors (Lipinski definition) is 5. The quantitative estimate of drug-likeness (QED) is 0.716. The Labute approximate surface area is 144 Å². The zero-order valence-electron chi connectivity index (χ0n) is 13.3. The third kappa shape index (κ3) is 4.20. The lowest BCUT2D eigenvalue weighted by Gasteiger charge is -2.14. The Morgan fingerprint density at radius 1 is 1.33 bits per heavy atom. The molecule has 2 aromatic heterocycles. The molecule has 1 amide bonds. The summed E-state index contributed by atoms with van der Waals surface area (Å²) in [6.45, 7) is 2.25. The lowest BCUT2D eigenvalue weighted by Crippen LogP contribution is -2.37. The molecule has 24 heavy (non-hydrogen) atoms. The van der Waals surface area contributed by atoms with E-state index in [4.69, 9.17) is 4.74 Å². The molecule has 0 aliphatic carbocycles. The van der Waals surface area contributed by atoms with E-state index in [9.17, 15) is 4.79 Å². The van der Waals surface area contributed by atoms with E-state index in [0.717, 1.165) is 10.8 Å². The lowest BCUT2D eigenvalue weighted by molar-refractivity contribution is -0.127. The lowest BCUT2D eigenvalue weighted by atomic mass is 10.3. The summed E-state index contributed by atoms with van der Waals surface area (Å²) < 4.78 is 7.32. The minimum absolute atomic E-state index is 0.138. The van der Waals surface area contributed by atoms with Crippen LogP contribution in [-0.2, 0) is 11.2 Å². The number of ether oxygens (including phenoxy) is 1. The molecule has 0 aliphatic heterocycles. The van der Waals surface area contributed by atoms with E-state index in [0.29, 0.717) is 18.7 Å². The maximum Gasteiger partial charge on any atom is 0.260 e. The van der Waals surface area contributed by atoms with Crippen LogP contribution in [0.5, 0.6) is 5.75 Å². The molecule has 0 aliphatic rings. The third-order valence-electron chi connectivity index (χ3n) is 3.35. The summed E-state index contributed by atoms with van der Waals surface area (Å²) in [5.74, 6) is 0.546. The minimum Gasteiger partial charge on any atom is -0.481 e. The maximum atomic E-state index is 12.1. The number of nitrogens with zero attached hydrogens (tertiary/aromatic N) is 3. The Hall–Kier alpha value is -2.67. The van der Waals surface area contributed by atoms with Crippen molar-refractivity contribution in [3.63, 3.8) is 0 Å². The number of amides is 1. The fourth-order valence-electron chi connectivity index (χ4n) is 2.11. The molecule has 6 nitrogen and oxygen atoms in total. The third-order valence-corrected chi connectivity index (χ3v) is 4.22. The fourth-order valence-corrected chi connectivity index (χ4v) is 2.91. The minimum atomic E-state index is -0.539. The smallest absolute Gasteiger partial charge is 0.260 e. The van der Waals surface area contributed by atoms with Crippen molar-refractivity contribution in [3.05, 3.63) is 59.9 Å². The molecule has 0 bridgehead atoms. The van der Waals surface area contributed by atoms with Gasteiger partial charge < -0.3 is 10.1 Å². The van der Waals surface area contributed by atoms with Gasteiger partial charge in [0.05, 0.1) is 5.69 Å². The summed E-state index contributed by atoms with van der Waals surface area (Å²) in [5, 5.41) is 9.82. The van der Waals surface area contributed by atoms with Crippen LogP contribution in [0.2, 0.25) is 0 Å². The number of hydrogen-bond donors (Lipinski definition) is 1. The zero-order valence-corrected chi connectivity index (χ0v) is 14.1. The molecule has 0 fully saturated rings. The van der Waals surface area contributed by atoms with E-state index >= 15 is 0 Å². The van der Waals surface area contributed by atoms with Crippen LogP contribution in [0.3, 0.4) is 0 Å². The predicted octanol–water partition coefficient (Wildman–Crippen LogP) is 2.46. The second kappa shape index (κ2) is 7.74. The summed E-state index contributed by atoms with van der Waals surface area (Å²) >= 11 is 1.53. The number of nitrogens with one attached hydrogen (secondary N) is 1. The topological polar surface area (TPSA) is 69.0 Å². The average Bonchev–Trinajstić information content (AvgIpc) is 3.27. The number of carbonyl (C=O) groups excluding carboxylic acids is 1. The largest absolute Gasteiger partial charge is 0.481 e. The van der Waals surface area contributed by atoms with Crippen molar-refractivity contribution in [1.82, 2.24) is 20.1 Å². The standard InChI is InChI=1S/C17H18N4O2S/c1-13(23-15-6-3-2-4-7-15)16(22)18-10-8-14-12-24-17(20-14)21-11-5-9-19-21/h2-7,9,11-13H,8,10H2,1H3,(H,18,22). The number of aromatic nitrogens is 3. The Bertz CT molecular complexity index is 771. The molecule has 1 atom stereocenters. The Morgan fingerprint density at radius 3 is 2.92 bits per heavy atom. The Kier molecular flexibility index (Phi) is 5.22. The molecule has 7 heteroatoms. The normalized spacial score (nSPS) is 11.9. The monoisotopic (exact) mass is 342 g/mol.